The van der Waals surface area contributed by atoms with Crippen molar-refractivity contribution in [2.75, 3.05) is 44.6 Å². The molecule has 2 aromatic carbocycles. The molecule has 0 radical (unpaired) electrons. The molecule has 2 aromatic rings. The lowest BCUT2D eigenvalue weighted by molar-refractivity contribution is 0.0979. The standard InChI is InChI=1S/C24H32N4O3/c25-11-3-4-12-26-13-6-14-27-15-17(29)16-28-21-10-5-9-20-22(21)24(31)19-8-2-1-7-18(19)23(20)30/h1-2,5,7-10,17,26-29H,3-4,6,11-16,25H2. The van der Waals surface area contributed by atoms with E-state index < -0.39 is 6.10 Å². The minimum absolute atomic E-state index is 0.146. The van der Waals surface area contributed by atoms with Crippen LogP contribution in [-0.2, 0) is 0 Å². The van der Waals surface area contributed by atoms with Gasteiger partial charge in [0, 0.05) is 35.5 Å². The molecule has 0 amide bonds. The quantitative estimate of drug-likeness (QED) is 0.264. The first kappa shape index (κ1) is 23.1. The van der Waals surface area contributed by atoms with Gasteiger partial charge in [-0.25, -0.2) is 0 Å². The summed E-state index contributed by atoms with van der Waals surface area (Å²) >= 11 is 0. The predicted molar refractivity (Wildman–Crippen MR) is 123 cm³/mol. The number of rotatable bonds is 13. The maximum Gasteiger partial charge on any atom is 0.196 e. The van der Waals surface area contributed by atoms with Gasteiger partial charge in [0.1, 0.15) is 0 Å². The topological polar surface area (TPSA) is 116 Å². The van der Waals surface area contributed by atoms with E-state index in [1.54, 1.807) is 42.5 Å². The van der Waals surface area contributed by atoms with Crippen molar-refractivity contribution in [1.82, 2.24) is 10.6 Å². The van der Waals surface area contributed by atoms with Crippen LogP contribution in [0.4, 0.5) is 5.69 Å². The Bertz CT molecular complexity index is 900. The summed E-state index contributed by atoms with van der Waals surface area (Å²) in [5.41, 5.74) is 7.69. The summed E-state index contributed by atoms with van der Waals surface area (Å²) in [6.45, 7) is 4.19. The number of benzene rings is 2. The molecule has 7 heteroatoms. The van der Waals surface area contributed by atoms with Crippen molar-refractivity contribution >= 4 is 17.3 Å². The van der Waals surface area contributed by atoms with Crippen LogP contribution in [0.1, 0.15) is 51.1 Å². The van der Waals surface area contributed by atoms with Crippen LogP contribution >= 0.6 is 0 Å². The van der Waals surface area contributed by atoms with E-state index in [2.05, 4.69) is 16.0 Å². The van der Waals surface area contributed by atoms with Crippen LogP contribution < -0.4 is 21.7 Å². The molecule has 0 aromatic heterocycles. The Morgan fingerprint density at radius 2 is 1.45 bits per heavy atom. The highest BCUT2D eigenvalue weighted by atomic mass is 16.3. The van der Waals surface area contributed by atoms with E-state index in [1.165, 1.54) is 0 Å². The summed E-state index contributed by atoms with van der Waals surface area (Å²) in [5, 5.41) is 20.0. The van der Waals surface area contributed by atoms with E-state index in [-0.39, 0.29) is 18.1 Å². The van der Waals surface area contributed by atoms with E-state index in [4.69, 9.17) is 5.73 Å². The molecule has 31 heavy (non-hydrogen) atoms. The van der Waals surface area contributed by atoms with Crippen molar-refractivity contribution in [1.29, 1.82) is 0 Å². The van der Waals surface area contributed by atoms with Gasteiger partial charge < -0.3 is 26.8 Å². The summed E-state index contributed by atoms with van der Waals surface area (Å²) < 4.78 is 0. The molecule has 0 bridgehead atoms. The van der Waals surface area contributed by atoms with Gasteiger partial charge in [-0.3, -0.25) is 9.59 Å². The second-order valence-electron chi connectivity index (χ2n) is 7.77. The fourth-order valence-electron chi connectivity index (χ4n) is 3.72. The van der Waals surface area contributed by atoms with Gasteiger partial charge in [0.05, 0.1) is 11.7 Å². The molecule has 0 saturated heterocycles. The van der Waals surface area contributed by atoms with Crippen LogP contribution in [0.25, 0.3) is 0 Å². The molecule has 1 aliphatic rings. The first-order valence-electron chi connectivity index (χ1n) is 11.0. The molecule has 0 saturated carbocycles. The molecule has 3 rings (SSSR count). The Labute approximate surface area is 183 Å². The van der Waals surface area contributed by atoms with Crippen LogP contribution in [0.2, 0.25) is 0 Å². The number of anilines is 1. The van der Waals surface area contributed by atoms with Crippen molar-refractivity contribution in [3.05, 3.63) is 64.7 Å². The van der Waals surface area contributed by atoms with Gasteiger partial charge in [-0.2, -0.15) is 0 Å². The molecule has 0 spiro atoms. The number of hydrogen-bond donors (Lipinski definition) is 5. The Kier molecular flexibility index (Phi) is 8.73. The number of carbonyl (C=O) groups excluding carboxylic acids is 2. The number of unbranched alkanes of at least 4 members (excludes halogenated alkanes) is 1. The maximum absolute atomic E-state index is 13.0. The molecule has 0 fully saturated rings. The van der Waals surface area contributed by atoms with E-state index in [1.807, 2.05) is 0 Å². The lowest BCUT2D eigenvalue weighted by Crippen LogP contribution is -2.34. The SMILES string of the molecule is NCCCCNCCCNCC(O)CNc1cccc2c1C(=O)c1ccccc1C2=O. The van der Waals surface area contributed by atoms with E-state index in [9.17, 15) is 14.7 Å². The summed E-state index contributed by atoms with van der Waals surface area (Å²) in [5.74, 6) is -0.312. The monoisotopic (exact) mass is 424 g/mol. The van der Waals surface area contributed by atoms with Crippen molar-refractivity contribution in [2.24, 2.45) is 5.73 Å². The van der Waals surface area contributed by atoms with Gasteiger partial charge in [0.2, 0.25) is 0 Å². The second kappa shape index (κ2) is 11.7. The lowest BCUT2D eigenvalue weighted by atomic mass is 9.83. The molecule has 166 valence electrons. The van der Waals surface area contributed by atoms with Crippen LogP contribution in [0.3, 0.4) is 0 Å². The Hall–Kier alpha value is -2.58. The van der Waals surface area contributed by atoms with E-state index in [0.29, 0.717) is 34.5 Å². The minimum atomic E-state index is -0.616. The van der Waals surface area contributed by atoms with Gasteiger partial charge in [-0.1, -0.05) is 36.4 Å². The zero-order chi connectivity index (χ0) is 22.1. The van der Waals surface area contributed by atoms with Crippen molar-refractivity contribution in [3.63, 3.8) is 0 Å². The van der Waals surface area contributed by atoms with Gasteiger partial charge in [-0.05, 0) is 51.5 Å². The zero-order valence-corrected chi connectivity index (χ0v) is 17.8. The van der Waals surface area contributed by atoms with Gasteiger partial charge >= 0.3 is 0 Å². The predicted octanol–water partition coefficient (Wildman–Crippen LogP) is 1.54. The fourth-order valence-corrected chi connectivity index (χ4v) is 3.72. The number of fused-ring (bicyclic) bond motifs is 2. The van der Waals surface area contributed by atoms with Crippen molar-refractivity contribution < 1.29 is 14.7 Å². The van der Waals surface area contributed by atoms with Crippen molar-refractivity contribution in [3.8, 4) is 0 Å². The molecular formula is C24H32N4O3. The van der Waals surface area contributed by atoms with Gasteiger partial charge in [-0.15, -0.1) is 0 Å². The average molecular weight is 425 g/mol. The highest BCUT2D eigenvalue weighted by Gasteiger charge is 2.31. The Morgan fingerprint density at radius 1 is 0.774 bits per heavy atom. The van der Waals surface area contributed by atoms with Crippen molar-refractivity contribution in [2.45, 2.75) is 25.4 Å². The van der Waals surface area contributed by atoms with Crippen LogP contribution in [0.5, 0.6) is 0 Å². The first-order chi connectivity index (χ1) is 15.1. The molecular weight excluding hydrogens is 392 g/mol. The van der Waals surface area contributed by atoms with Crippen LogP contribution in [0.15, 0.2) is 42.5 Å². The smallest absolute Gasteiger partial charge is 0.196 e. The molecule has 1 aliphatic carbocycles. The first-order valence-corrected chi connectivity index (χ1v) is 11.0. The van der Waals surface area contributed by atoms with Crippen LogP contribution in [-0.4, -0.2) is 62.0 Å². The van der Waals surface area contributed by atoms with Gasteiger partial charge in [0.25, 0.3) is 0 Å². The summed E-state index contributed by atoms with van der Waals surface area (Å²) in [6, 6.07) is 12.1. The van der Waals surface area contributed by atoms with Gasteiger partial charge in [0.15, 0.2) is 11.6 Å². The zero-order valence-electron chi connectivity index (χ0n) is 17.8. The molecule has 0 heterocycles. The maximum atomic E-state index is 13.0. The van der Waals surface area contributed by atoms with Crippen LogP contribution in [0, 0.1) is 0 Å². The third-order valence-electron chi connectivity index (χ3n) is 5.38. The number of aliphatic hydroxyl groups excluding tert-OH is 1. The summed E-state index contributed by atoms with van der Waals surface area (Å²) in [7, 11) is 0. The normalized spacial score (nSPS) is 13.6. The fraction of sp³-hybridized carbons (Fsp3) is 0.417. The number of nitrogens with two attached hydrogens (primary N) is 1. The third kappa shape index (κ3) is 5.98. The molecule has 1 unspecified atom stereocenters. The molecule has 1 atom stereocenters. The molecule has 7 nitrogen and oxygen atoms in total. The number of nitrogens with one attached hydrogen (secondary N) is 3. The van der Waals surface area contributed by atoms with E-state index >= 15 is 0 Å². The second-order valence-corrected chi connectivity index (χ2v) is 7.77. The number of ketones is 2. The largest absolute Gasteiger partial charge is 0.390 e. The highest BCUT2D eigenvalue weighted by Crippen LogP contribution is 2.31. The molecule has 0 aliphatic heterocycles. The Balaban J connectivity index is 1.46. The number of aliphatic hydroxyl groups is 1. The highest BCUT2D eigenvalue weighted by molar-refractivity contribution is 6.30. The number of hydrogen-bond acceptors (Lipinski definition) is 7. The third-order valence-corrected chi connectivity index (χ3v) is 5.38. The summed E-state index contributed by atoms with van der Waals surface area (Å²) in [6.07, 6.45) is 2.50. The number of carbonyl (C=O) groups is 2. The average Bonchev–Trinajstić information content (AvgIpc) is 2.80. The Morgan fingerprint density at radius 3 is 2.23 bits per heavy atom. The lowest BCUT2D eigenvalue weighted by Gasteiger charge is -2.21. The minimum Gasteiger partial charge on any atom is -0.390 e. The summed E-state index contributed by atoms with van der Waals surface area (Å²) in [4.78, 5) is 25.8. The van der Waals surface area contributed by atoms with E-state index in [0.717, 1.165) is 45.4 Å². The molecule has 6 N–H and O–H groups in total.